The molecule has 1 rings (SSSR count). The van der Waals surface area contributed by atoms with Crippen LogP contribution in [0, 0.1) is 5.82 Å². The maximum absolute atomic E-state index is 13.0. The van der Waals surface area contributed by atoms with Crippen LogP contribution in [0.2, 0.25) is 0 Å². The maximum Gasteiger partial charge on any atom is 0.147 e. The summed E-state index contributed by atoms with van der Waals surface area (Å²) in [6, 6.07) is 3.14. The van der Waals surface area contributed by atoms with E-state index in [2.05, 4.69) is 22.5 Å². The van der Waals surface area contributed by atoms with Crippen molar-refractivity contribution in [3.63, 3.8) is 0 Å². The summed E-state index contributed by atoms with van der Waals surface area (Å²) in [5, 5.41) is 0. The number of rotatable bonds is 2. The van der Waals surface area contributed by atoms with E-state index in [4.69, 9.17) is 5.73 Å². The fourth-order valence-corrected chi connectivity index (χ4v) is 1.44. The molecule has 1 aromatic carbocycles. The molecule has 0 unspecified atom stereocenters. The first-order valence-corrected chi connectivity index (χ1v) is 4.28. The van der Waals surface area contributed by atoms with E-state index >= 15 is 0 Å². The summed E-state index contributed by atoms with van der Waals surface area (Å²) >= 11 is 3.19. The van der Waals surface area contributed by atoms with E-state index in [9.17, 15) is 4.39 Å². The van der Waals surface area contributed by atoms with Gasteiger partial charge in [-0.15, -0.1) is 6.58 Å². The summed E-state index contributed by atoms with van der Waals surface area (Å²) < 4.78 is 13.7. The van der Waals surface area contributed by atoms with Crippen molar-refractivity contribution in [3.05, 3.63) is 40.6 Å². The molecule has 0 fully saturated rings. The Bertz CT molecular complexity index is 310. The average Bonchev–Trinajstić information content (AvgIpc) is 2.00. The van der Waals surface area contributed by atoms with Crippen LogP contribution in [0.1, 0.15) is 5.56 Å². The van der Waals surface area contributed by atoms with Crippen molar-refractivity contribution >= 4 is 21.6 Å². The highest BCUT2D eigenvalue weighted by Gasteiger charge is 2.04. The number of nitrogen functional groups attached to an aromatic ring is 1. The van der Waals surface area contributed by atoms with Crippen LogP contribution in [0.4, 0.5) is 10.1 Å². The van der Waals surface area contributed by atoms with Crippen LogP contribution in [0.25, 0.3) is 0 Å². The maximum atomic E-state index is 13.0. The summed E-state index contributed by atoms with van der Waals surface area (Å²) in [4.78, 5) is 0. The van der Waals surface area contributed by atoms with Gasteiger partial charge in [0, 0.05) is 4.47 Å². The zero-order valence-corrected chi connectivity index (χ0v) is 8.07. The minimum atomic E-state index is -0.388. The van der Waals surface area contributed by atoms with E-state index in [0.29, 0.717) is 10.9 Å². The molecule has 64 valence electrons. The van der Waals surface area contributed by atoms with Crippen molar-refractivity contribution in [2.45, 2.75) is 6.42 Å². The molecular formula is C9H9BrFN. The number of hydrogen-bond donors (Lipinski definition) is 1. The van der Waals surface area contributed by atoms with Crippen molar-refractivity contribution in [2.75, 3.05) is 5.73 Å². The van der Waals surface area contributed by atoms with Crippen LogP contribution in [0.3, 0.4) is 0 Å². The van der Waals surface area contributed by atoms with Gasteiger partial charge in [0.05, 0.1) is 5.69 Å². The molecule has 0 bridgehead atoms. The smallest absolute Gasteiger partial charge is 0.147 e. The van der Waals surface area contributed by atoms with E-state index in [1.165, 1.54) is 6.07 Å². The molecule has 0 amide bonds. The number of halogens is 2. The normalized spacial score (nSPS) is 9.83. The fraction of sp³-hybridized carbons (Fsp3) is 0.111. The Kier molecular flexibility index (Phi) is 2.87. The molecule has 0 saturated heterocycles. The standard InChI is InChI=1S/C9H9BrFN/c1-2-3-6-4-7(10)5-8(11)9(6)12/h2,4-5H,1,3,12H2. The second-order valence-corrected chi connectivity index (χ2v) is 3.37. The first-order valence-electron chi connectivity index (χ1n) is 3.49. The van der Waals surface area contributed by atoms with Crippen LogP contribution in [0.5, 0.6) is 0 Å². The van der Waals surface area contributed by atoms with Crippen LogP contribution in [-0.4, -0.2) is 0 Å². The molecule has 2 N–H and O–H groups in total. The van der Waals surface area contributed by atoms with E-state index < -0.39 is 0 Å². The Labute approximate surface area is 79.2 Å². The van der Waals surface area contributed by atoms with E-state index in [0.717, 1.165) is 5.56 Å². The predicted octanol–water partition coefficient (Wildman–Crippen LogP) is 2.90. The molecule has 0 aliphatic carbocycles. The highest BCUT2D eigenvalue weighted by Crippen LogP contribution is 2.22. The van der Waals surface area contributed by atoms with Crippen molar-refractivity contribution in [2.24, 2.45) is 0 Å². The number of hydrogen-bond acceptors (Lipinski definition) is 1. The SMILES string of the molecule is C=CCc1cc(Br)cc(F)c1N. The number of anilines is 1. The molecule has 1 nitrogen and oxygen atoms in total. The minimum Gasteiger partial charge on any atom is -0.396 e. The summed E-state index contributed by atoms with van der Waals surface area (Å²) in [6.45, 7) is 3.56. The Hall–Kier alpha value is -0.830. The summed E-state index contributed by atoms with van der Waals surface area (Å²) in [6.07, 6.45) is 2.28. The number of allylic oxidation sites excluding steroid dienone is 1. The van der Waals surface area contributed by atoms with Crippen molar-refractivity contribution < 1.29 is 4.39 Å². The van der Waals surface area contributed by atoms with Gasteiger partial charge in [0.1, 0.15) is 5.82 Å². The van der Waals surface area contributed by atoms with Gasteiger partial charge in [-0.25, -0.2) is 4.39 Å². The Morgan fingerprint density at radius 3 is 2.83 bits per heavy atom. The Morgan fingerprint density at radius 1 is 1.58 bits per heavy atom. The molecule has 0 radical (unpaired) electrons. The summed E-state index contributed by atoms with van der Waals surface area (Å²) in [5.74, 6) is -0.388. The number of benzene rings is 1. The fourth-order valence-electron chi connectivity index (χ4n) is 0.962. The molecule has 0 atom stereocenters. The first kappa shape index (κ1) is 9.26. The monoisotopic (exact) mass is 229 g/mol. The van der Waals surface area contributed by atoms with Crippen molar-refractivity contribution in [1.29, 1.82) is 0 Å². The molecule has 12 heavy (non-hydrogen) atoms. The molecule has 3 heteroatoms. The Balaban J connectivity index is 3.17. The molecule has 1 aromatic rings. The second-order valence-electron chi connectivity index (χ2n) is 2.45. The van der Waals surface area contributed by atoms with Crippen molar-refractivity contribution in [1.82, 2.24) is 0 Å². The van der Waals surface area contributed by atoms with Gasteiger partial charge in [-0.2, -0.15) is 0 Å². The van der Waals surface area contributed by atoms with Crippen LogP contribution < -0.4 is 5.73 Å². The second kappa shape index (κ2) is 3.72. The third kappa shape index (κ3) is 1.85. The van der Waals surface area contributed by atoms with Crippen LogP contribution in [0.15, 0.2) is 29.3 Å². The molecule has 0 aliphatic heterocycles. The third-order valence-corrected chi connectivity index (χ3v) is 2.00. The summed E-state index contributed by atoms with van der Waals surface area (Å²) in [7, 11) is 0. The molecular weight excluding hydrogens is 221 g/mol. The lowest BCUT2D eigenvalue weighted by Crippen LogP contribution is -1.97. The van der Waals surface area contributed by atoms with Gasteiger partial charge >= 0.3 is 0 Å². The highest BCUT2D eigenvalue weighted by atomic mass is 79.9. The van der Waals surface area contributed by atoms with E-state index in [1.807, 2.05) is 0 Å². The van der Waals surface area contributed by atoms with Gasteiger partial charge in [0.2, 0.25) is 0 Å². The highest BCUT2D eigenvalue weighted by molar-refractivity contribution is 9.10. The molecule has 0 aliphatic rings. The van der Waals surface area contributed by atoms with Gasteiger partial charge in [-0.05, 0) is 24.1 Å². The van der Waals surface area contributed by atoms with Gasteiger partial charge in [0.25, 0.3) is 0 Å². The quantitative estimate of drug-likeness (QED) is 0.613. The molecule has 0 saturated carbocycles. The topological polar surface area (TPSA) is 26.0 Å². The zero-order chi connectivity index (χ0) is 9.14. The lowest BCUT2D eigenvalue weighted by atomic mass is 10.1. The number of nitrogens with two attached hydrogens (primary N) is 1. The van der Waals surface area contributed by atoms with Crippen molar-refractivity contribution in [3.8, 4) is 0 Å². The predicted molar refractivity (Wildman–Crippen MR) is 52.4 cm³/mol. The van der Waals surface area contributed by atoms with E-state index in [-0.39, 0.29) is 11.5 Å². The lowest BCUT2D eigenvalue weighted by Gasteiger charge is -2.04. The first-order chi connectivity index (χ1) is 5.65. The van der Waals surface area contributed by atoms with Gasteiger partial charge in [0.15, 0.2) is 0 Å². The summed E-state index contributed by atoms with van der Waals surface area (Å²) in [5.41, 5.74) is 6.46. The van der Waals surface area contributed by atoms with Gasteiger partial charge in [-0.3, -0.25) is 0 Å². The minimum absolute atomic E-state index is 0.207. The van der Waals surface area contributed by atoms with Gasteiger partial charge in [-0.1, -0.05) is 22.0 Å². The average molecular weight is 230 g/mol. The Morgan fingerprint density at radius 2 is 2.25 bits per heavy atom. The zero-order valence-electron chi connectivity index (χ0n) is 6.48. The van der Waals surface area contributed by atoms with Gasteiger partial charge < -0.3 is 5.73 Å². The largest absolute Gasteiger partial charge is 0.396 e. The molecule has 0 aromatic heterocycles. The lowest BCUT2D eigenvalue weighted by molar-refractivity contribution is 0.630. The van der Waals surface area contributed by atoms with Crippen LogP contribution >= 0.6 is 15.9 Å². The molecule has 0 heterocycles. The van der Waals surface area contributed by atoms with E-state index in [1.54, 1.807) is 12.1 Å². The van der Waals surface area contributed by atoms with Crippen LogP contribution in [-0.2, 0) is 6.42 Å². The molecule has 0 spiro atoms. The third-order valence-electron chi connectivity index (χ3n) is 1.54.